The van der Waals surface area contributed by atoms with Gasteiger partial charge in [0.05, 0.1) is 0 Å². The van der Waals surface area contributed by atoms with Crippen molar-refractivity contribution >= 4 is 6.09 Å². The molecule has 0 aromatic carbocycles. The lowest BCUT2D eigenvalue weighted by Gasteiger charge is -2.31. The van der Waals surface area contributed by atoms with E-state index in [9.17, 15) is 4.79 Å². The minimum absolute atomic E-state index is 0.270. The molecular formula is C16H32N2O2. The number of nitrogens with one attached hydrogen (secondary N) is 2. The van der Waals surface area contributed by atoms with E-state index in [0.29, 0.717) is 6.04 Å². The lowest BCUT2D eigenvalue weighted by molar-refractivity contribution is 0.0489. The fourth-order valence-electron chi connectivity index (χ4n) is 2.43. The summed E-state index contributed by atoms with van der Waals surface area (Å²) in [4.78, 5) is 11.7. The molecule has 0 heterocycles. The van der Waals surface area contributed by atoms with Gasteiger partial charge in [0.2, 0.25) is 0 Å². The zero-order valence-corrected chi connectivity index (χ0v) is 13.8. The van der Waals surface area contributed by atoms with Crippen molar-refractivity contribution in [1.29, 1.82) is 0 Å². The van der Waals surface area contributed by atoms with Gasteiger partial charge in [-0.3, -0.25) is 0 Å². The van der Waals surface area contributed by atoms with Gasteiger partial charge >= 0.3 is 6.09 Å². The molecule has 1 aliphatic carbocycles. The Morgan fingerprint density at radius 1 is 1.20 bits per heavy atom. The number of ether oxygens (including phenoxy) is 1. The molecule has 4 nitrogen and oxygen atoms in total. The predicted molar refractivity (Wildman–Crippen MR) is 82.9 cm³/mol. The van der Waals surface area contributed by atoms with Gasteiger partial charge in [-0.2, -0.15) is 0 Å². The summed E-state index contributed by atoms with van der Waals surface area (Å²) in [6.07, 6.45) is 5.29. The third-order valence-corrected chi connectivity index (χ3v) is 3.90. The molecule has 0 aromatic rings. The zero-order valence-electron chi connectivity index (χ0n) is 13.8. The molecule has 0 saturated heterocycles. The molecule has 0 aliphatic heterocycles. The molecule has 20 heavy (non-hydrogen) atoms. The summed E-state index contributed by atoms with van der Waals surface area (Å²) >= 11 is 0. The van der Waals surface area contributed by atoms with E-state index in [-0.39, 0.29) is 12.1 Å². The maximum absolute atomic E-state index is 11.7. The van der Waals surface area contributed by atoms with Gasteiger partial charge in [-0.25, -0.2) is 4.79 Å². The van der Waals surface area contributed by atoms with E-state index in [2.05, 4.69) is 24.5 Å². The lowest BCUT2D eigenvalue weighted by atomic mass is 9.91. The average Bonchev–Trinajstić information content (AvgIpc) is 2.35. The predicted octanol–water partition coefficient (Wildman–Crippen LogP) is 3.46. The van der Waals surface area contributed by atoms with Crippen LogP contribution in [0.25, 0.3) is 0 Å². The van der Waals surface area contributed by atoms with Gasteiger partial charge in [-0.15, -0.1) is 0 Å². The minimum atomic E-state index is -0.418. The normalized spacial score (nSPS) is 25.1. The maximum Gasteiger partial charge on any atom is 0.407 e. The summed E-state index contributed by atoms with van der Waals surface area (Å²) < 4.78 is 5.30. The first-order valence-electron chi connectivity index (χ1n) is 8.03. The van der Waals surface area contributed by atoms with Gasteiger partial charge in [0.25, 0.3) is 0 Å². The van der Waals surface area contributed by atoms with Crippen LogP contribution in [0.5, 0.6) is 0 Å². The number of hydrogen-bond donors (Lipinski definition) is 2. The Kier molecular flexibility index (Phi) is 6.80. The Labute approximate surface area is 124 Å². The first-order chi connectivity index (χ1) is 9.30. The van der Waals surface area contributed by atoms with Crippen LogP contribution >= 0.6 is 0 Å². The number of rotatable bonds is 5. The number of amides is 1. The smallest absolute Gasteiger partial charge is 0.407 e. The van der Waals surface area contributed by atoms with E-state index in [0.717, 1.165) is 38.1 Å². The highest BCUT2D eigenvalue weighted by Gasteiger charge is 2.24. The standard InChI is InChI=1S/C16H32N2O2/c1-6-12(2)11-17-13-7-9-14(10-8-13)18-15(19)20-16(3,4)5/h12-14,17H,6-11H2,1-5H3,(H,18,19). The Hall–Kier alpha value is -0.770. The quantitative estimate of drug-likeness (QED) is 0.813. The van der Waals surface area contributed by atoms with Crippen LogP contribution in [0.1, 0.15) is 66.7 Å². The number of hydrogen-bond acceptors (Lipinski definition) is 3. The van der Waals surface area contributed by atoms with Crippen molar-refractivity contribution in [2.45, 2.75) is 84.4 Å². The number of alkyl carbamates (subject to hydrolysis) is 1. The van der Waals surface area contributed by atoms with Gasteiger partial charge in [0.1, 0.15) is 5.60 Å². The molecule has 1 atom stereocenters. The first kappa shape index (κ1) is 17.3. The Bertz CT molecular complexity index is 291. The topological polar surface area (TPSA) is 50.4 Å². The van der Waals surface area contributed by atoms with Crippen LogP contribution in [0, 0.1) is 5.92 Å². The zero-order chi connectivity index (χ0) is 15.2. The molecule has 0 aromatic heterocycles. The molecule has 4 heteroatoms. The van der Waals surface area contributed by atoms with Crippen LogP contribution in [0.3, 0.4) is 0 Å². The third-order valence-electron chi connectivity index (χ3n) is 3.90. The largest absolute Gasteiger partial charge is 0.444 e. The van der Waals surface area contributed by atoms with Crippen LogP contribution in [0.2, 0.25) is 0 Å². The SMILES string of the molecule is CCC(C)CNC1CCC(NC(=O)OC(C)(C)C)CC1. The second-order valence-electron chi connectivity index (χ2n) is 7.12. The molecule has 1 saturated carbocycles. The minimum Gasteiger partial charge on any atom is -0.444 e. The Morgan fingerprint density at radius 3 is 2.25 bits per heavy atom. The molecule has 1 amide bonds. The fraction of sp³-hybridized carbons (Fsp3) is 0.938. The summed E-state index contributed by atoms with van der Waals surface area (Å²) in [7, 11) is 0. The van der Waals surface area contributed by atoms with Crippen molar-refractivity contribution in [3.05, 3.63) is 0 Å². The van der Waals surface area contributed by atoms with E-state index in [1.807, 2.05) is 20.8 Å². The van der Waals surface area contributed by atoms with E-state index >= 15 is 0 Å². The maximum atomic E-state index is 11.7. The molecule has 0 spiro atoms. The molecule has 0 radical (unpaired) electrons. The molecule has 1 rings (SSSR count). The number of carbonyl (C=O) groups is 1. The molecule has 1 aliphatic rings. The number of carbonyl (C=O) groups excluding carboxylic acids is 1. The Morgan fingerprint density at radius 2 is 1.75 bits per heavy atom. The monoisotopic (exact) mass is 284 g/mol. The van der Waals surface area contributed by atoms with Gasteiger partial charge in [-0.1, -0.05) is 20.3 Å². The van der Waals surface area contributed by atoms with Crippen molar-refractivity contribution in [3.63, 3.8) is 0 Å². The third kappa shape index (κ3) is 7.13. The highest BCUT2D eigenvalue weighted by atomic mass is 16.6. The highest BCUT2D eigenvalue weighted by Crippen LogP contribution is 2.19. The molecule has 0 bridgehead atoms. The van der Waals surface area contributed by atoms with E-state index in [4.69, 9.17) is 4.74 Å². The van der Waals surface area contributed by atoms with Crippen molar-refractivity contribution < 1.29 is 9.53 Å². The van der Waals surface area contributed by atoms with E-state index in [1.165, 1.54) is 6.42 Å². The molecule has 1 unspecified atom stereocenters. The van der Waals surface area contributed by atoms with Crippen molar-refractivity contribution in [2.24, 2.45) is 5.92 Å². The van der Waals surface area contributed by atoms with Gasteiger partial charge in [0, 0.05) is 12.1 Å². The van der Waals surface area contributed by atoms with Gasteiger partial charge in [0.15, 0.2) is 0 Å². The summed E-state index contributed by atoms with van der Waals surface area (Å²) in [5, 5.41) is 6.62. The van der Waals surface area contributed by atoms with Crippen LogP contribution < -0.4 is 10.6 Å². The summed E-state index contributed by atoms with van der Waals surface area (Å²) in [6, 6.07) is 0.882. The van der Waals surface area contributed by atoms with E-state index in [1.54, 1.807) is 0 Å². The summed E-state index contributed by atoms with van der Waals surface area (Å²) in [5.74, 6) is 0.743. The molecule has 1 fully saturated rings. The summed E-state index contributed by atoms with van der Waals surface area (Å²) in [5.41, 5.74) is -0.418. The molecular weight excluding hydrogens is 252 g/mol. The fourth-order valence-corrected chi connectivity index (χ4v) is 2.43. The van der Waals surface area contributed by atoms with Crippen molar-refractivity contribution in [3.8, 4) is 0 Å². The average molecular weight is 284 g/mol. The molecule has 2 N–H and O–H groups in total. The van der Waals surface area contributed by atoms with E-state index < -0.39 is 5.60 Å². The van der Waals surface area contributed by atoms with Crippen LogP contribution in [0.4, 0.5) is 4.79 Å². The first-order valence-corrected chi connectivity index (χ1v) is 8.03. The van der Waals surface area contributed by atoms with Crippen LogP contribution in [-0.2, 0) is 4.74 Å². The van der Waals surface area contributed by atoms with Crippen LogP contribution in [-0.4, -0.2) is 30.3 Å². The van der Waals surface area contributed by atoms with Gasteiger partial charge in [-0.05, 0) is 58.9 Å². The second kappa shape index (κ2) is 7.87. The van der Waals surface area contributed by atoms with Gasteiger partial charge < -0.3 is 15.4 Å². The summed E-state index contributed by atoms with van der Waals surface area (Å²) in [6.45, 7) is 11.3. The molecule has 118 valence electrons. The Balaban J connectivity index is 2.20. The lowest BCUT2D eigenvalue weighted by Crippen LogP contribution is -2.44. The highest BCUT2D eigenvalue weighted by molar-refractivity contribution is 5.68. The van der Waals surface area contributed by atoms with Crippen molar-refractivity contribution in [1.82, 2.24) is 10.6 Å². The van der Waals surface area contributed by atoms with Crippen LogP contribution in [0.15, 0.2) is 0 Å². The second-order valence-corrected chi connectivity index (χ2v) is 7.12. The van der Waals surface area contributed by atoms with Crippen molar-refractivity contribution in [2.75, 3.05) is 6.54 Å².